The van der Waals surface area contributed by atoms with E-state index < -0.39 is 11.5 Å². The number of hydrogen-bond acceptors (Lipinski definition) is 4. The average molecular weight is 218 g/mol. The van der Waals surface area contributed by atoms with Crippen molar-refractivity contribution in [2.45, 2.75) is 0 Å². The first-order valence-electron chi connectivity index (χ1n) is 4.54. The molecule has 16 heavy (non-hydrogen) atoms. The Morgan fingerprint density at radius 3 is 2.75 bits per heavy atom. The zero-order chi connectivity index (χ0) is 11.7. The molecule has 0 unspecified atom stereocenters. The fourth-order valence-electron chi connectivity index (χ4n) is 1.46. The summed E-state index contributed by atoms with van der Waals surface area (Å²) in [4.78, 5) is 24.4. The van der Waals surface area contributed by atoms with Gasteiger partial charge in [0.2, 0.25) is 0 Å². The third-order valence-electron chi connectivity index (χ3n) is 2.27. The molecule has 0 amide bonds. The fourth-order valence-corrected chi connectivity index (χ4v) is 1.46. The number of carbonyl (C=O) groups excluding carboxylic acids is 1. The van der Waals surface area contributed by atoms with Crippen LogP contribution in [-0.4, -0.2) is 18.1 Å². The molecule has 5 nitrogen and oxygen atoms in total. The van der Waals surface area contributed by atoms with Gasteiger partial charge < -0.3 is 19.6 Å². The molecule has 0 aliphatic heterocycles. The first-order chi connectivity index (χ1) is 7.61. The van der Waals surface area contributed by atoms with Gasteiger partial charge in [0, 0.05) is 6.07 Å². The van der Waals surface area contributed by atoms with E-state index in [9.17, 15) is 14.7 Å². The number of rotatable bonds is 2. The maximum absolute atomic E-state index is 11.4. The number of fused-ring (bicyclic) bond motifs is 1. The number of carboxylic acid groups (broad SMARTS) is 1. The zero-order valence-electron chi connectivity index (χ0n) is 8.44. The molecular formula is C11H8NO4-. The smallest absolute Gasteiger partial charge is 0.257 e. The molecule has 2 aromatic rings. The van der Waals surface area contributed by atoms with Crippen LogP contribution in [-0.2, 0) is 0 Å². The predicted octanol–water partition coefficient (Wildman–Crippen LogP) is -0.0998. The lowest BCUT2D eigenvalue weighted by atomic mass is 10.1. The minimum atomic E-state index is -1.49. The molecule has 0 spiro atoms. The molecule has 0 bridgehead atoms. The Balaban J connectivity index is 2.74. The van der Waals surface area contributed by atoms with E-state index in [2.05, 4.69) is 4.98 Å². The molecule has 0 atom stereocenters. The first kappa shape index (κ1) is 10.2. The summed E-state index contributed by atoms with van der Waals surface area (Å²) in [6.45, 7) is 0. The maximum Gasteiger partial charge on any atom is 0.257 e. The Hall–Kier alpha value is -2.30. The van der Waals surface area contributed by atoms with Gasteiger partial charge in [0.25, 0.3) is 5.56 Å². The summed E-state index contributed by atoms with van der Waals surface area (Å²) >= 11 is 0. The minimum Gasteiger partial charge on any atom is -0.545 e. The SMILES string of the molecule is COc1ccc2cc(C(=O)[O-])c(=O)[nH]c2c1. The van der Waals surface area contributed by atoms with E-state index in [0.717, 1.165) is 0 Å². The molecule has 0 aliphatic rings. The molecule has 5 heteroatoms. The number of benzene rings is 1. The van der Waals surface area contributed by atoms with E-state index in [1.165, 1.54) is 13.2 Å². The summed E-state index contributed by atoms with van der Waals surface area (Å²) in [6, 6.07) is 6.25. The van der Waals surface area contributed by atoms with Crippen LogP contribution in [0.25, 0.3) is 10.9 Å². The number of ether oxygens (including phenoxy) is 1. The van der Waals surface area contributed by atoms with Gasteiger partial charge in [-0.25, -0.2) is 0 Å². The van der Waals surface area contributed by atoms with Crippen molar-refractivity contribution in [2.24, 2.45) is 0 Å². The number of methoxy groups -OCH3 is 1. The largest absolute Gasteiger partial charge is 0.545 e. The van der Waals surface area contributed by atoms with Crippen molar-refractivity contribution < 1.29 is 14.6 Å². The molecule has 0 radical (unpaired) electrons. The van der Waals surface area contributed by atoms with Crippen LogP contribution >= 0.6 is 0 Å². The lowest BCUT2D eigenvalue weighted by Gasteiger charge is -2.05. The molecule has 0 saturated carbocycles. The van der Waals surface area contributed by atoms with Gasteiger partial charge in [0.15, 0.2) is 0 Å². The predicted molar refractivity (Wildman–Crippen MR) is 55.5 cm³/mol. The maximum atomic E-state index is 11.4. The van der Waals surface area contributed by atoms with Crippen molar-refractivity contribution in [3.63, 3.8) is 0 Å². The molecule has 2 rings (SSSR count). The van der Waals surface area contributed by atoms with Gasteiger partial charge in [-0.1, -0.05) is 0 Å². The molecule has 1 aromatic carbocycles. The number of aromatic nitrogens is 1. The Kier molecular flexibility index (Phi) is 2.36. The number of pyridine rings is 1. The average Bonchev–Trinajstić information content (AvgIpc) is 2.27. The van der Waals surface area contributed by atoms with Crippen molar-refractivity contribution in [3.8, 4) is 5.75 Å². The monoisotopic (exact) mass is 218 g/mol. The number of aromatic amines is 1. The van der Waals surface area contributed by atoms with Gasteiger partial charge in [0.05, 0.1) is 24.2 Å². The van der Waals surface area contributed by atoms with E-state index in [0.29, 0.717) is 16.7 Å². The summed E-state index contributed by atoms with van der Waals surface area (Å²) in [5, 5.41) is 11.2. The second kappa shape index (κ2) is 3.69. The fraction of sp³-hybridized carbons (Fsp3) is 0.0909. The number of hydrogen-bond donors (Lipinski definition) is 1. The molecule has 1 N–H and O–H groups in total. The highest BCUT2D eigenvalue weighted by atomic mass is 16.5. The van der Waals surface area contributed by atoms with Gasteiger partial charge in [-0.15, -0.1) is 0 Å². The highest BCUT2D eigenvalue weighted by Crippen LogP contribution is 2.18. The summed E-state index contributed by atoms with van der Waals surface area (Å²) in [5.74, 6) is -0.900. The topological polar surface area (TPSA) is 82.2 Å². The Morgan fingerprint density at radius 2 is 2.12 bits per heavy atom. The third-order valence-corrected chi connectivity index (χ3v) is 2.27. The van der Waals surface area contributed by atoms with Crippen LogP contribution in [0.1, 0.15) is 10.4 Å². The molecule has 0 fully saturated rings. The Bertz CT molecular complexity index is 615. The highest BCUT2D eigenvalue weighted by Gasteiger charge is 2.04. The van der Waals surface area contributed by atoms with Crippen LogP contribution in [0.2, 0.25) is 0 Å². The number of H-pyrrole nitrogens is 1. The van der Waals surface area contributed by atoms with Gasteiger partial charge >= 0.3 is 0 Å². The third kappa shape index (κ3) is 1.63. The molecule has 1 aromatic heterocycles. The van der Waals surface area contributed by atoms with Crippen molar-refractivity contribution in [1.29, 1.82) is 0 Å². The standard InChI is InChI=1S/C11H9NO4/c1-16-7-3-2-6-4-8(11(14)15)10(13)12-9(6)5-7/h2-5H,1H3,(H,12,13)(H,14,15)/p-1. The van der Waals surface area contributed by atoms with E-state index in [4.69, 9.17) is 4.74 Å². The summed E-state index contributed by atoms with van der Waals surface area (Å²) < 4.78 is 4.99. The van der Waals surface area contributed by atoms with Crippen LogP contribution < -0.4 is 15.4 Å². The summed E-state index contributed by atoms with van der Waals surface area (Å²) in [5.41, 5.74) is -0.534. The molecule has 82 valence electrons. The number of nitrogens with one attached hydrogen (secondary N) is 1. The van der Waals surface area contributed by atoms with Gasteiger partial charge in [-0.05, 0) is 23.6 Å². The molecule has 0 aliphatic carbocycles. The van der Waals surface area contributed by atoms with Crippen LogP contribution in [0.15, 0.2) is 29.1 Å². The van der Waals surface area contributed by atoms with Crippen molar-refractivity contribution >= 4 is 16.9 Å². The molecular weight excluding hydrogens is 210 g/mol. The number of carbonyl (C=O) groups is 1. The summed E-state index contributed by atoms with van der Waals surface area (Å²) in [7, 11) is 1.51. The minimum absolute atomic E-state index is 0.377. The first-order valence-corrected chi connectivity index (χ1v) is 4.54. The Morgan fingerprint density at radius 1 is 1.38 bits per heavy atom. The Labute approximate surface area is 90.3 Å². The van der Waals surface area contributed by atoms with Gasteiger partial charge in [-0.2, -0.15) is 0 Å². The number of aromatic carboxylic acids is 1. The van der Waals surface area contributed by atoms with Crippen LogP contribution in [0, 0.1) is 0 Å². The lowest BCUT2D eigenvalue weighted by Crippen LogP contribution is -2.29. The van der Waals surface area contributed by atoms with Gasteiger partial charge in [-0.3, -0.25) is 4.79 Å². The normalized spacial score (nSPS) is 10.3. The van der Waals surface area contributed by atoms with Crippen LogP contribution in [0.3, 0.4) is 0 Å². The molecule has 0 saturated heterocycles. The van der Waals surface area contributed by atoms with Crippen molar-refractivity contribution in [2.75, 3.05) is 7.11 Å². The number of carboxylic acids is 1. The van der Waals surface area contributed by atoms with Crippen molar-refractivity contribution in [1.82, 2.24) is 4.98 Å². The van der Waals surface area contributed by atoms with Gasteiger partial charge in [0.1, 0.15) is 5.75 Å². The second-order valence-corrected chi connectivity index (χ2v) is 3.25. The van der Waals surface area contributed by atoms with Crippen LogP contribution in [0.5, 0.6) is 5.75 Å². The van der Waals surface area contributed by atoms with E-state index in [1.54, 1.807) is 18.2 Å². The lowest BCUT2D eigenvalue weighted by molar-refractivity contribution is -0.255. The van der Waals surface area contributed by atoms with E-state index >= 15 is 0 Å². The van der Waals surface area contributed by atoms with Crippen LogP contribution in [0.4, 0.5) is 0 Å². The highest BCUT2D eigenvalue weighted by molar-refractivity contribution is 5.91. The second-order valence-electron chi connectivity index (χ2n) is 3.25. The summed E-state index contributed by atoms with van der Waals surface area (Å²) in [6.07, 6.45) is 0. The van der Waals surface area contributed by atoms with E-state index in [-0.39, 0.29) is 5.56 Å². The van der Waals surface area contributed by atoms with Crippen molar-refractivity contribution in [3.05, 3.63) is 40.2 Å². The molecule has 1 heterocycles. The zero-order valence-corrected chi connectivity index (χ0v) is 8.44. The quantitative estimate of drug-likeness (QED) is 0.763. The van der Waals surface area contributed by atoms with E-state index in [1.807, 2.05) is 0 Å².